The number of nitrogens with one attached hydrogen (secondary N) is 1. The maximum absolute atomic E-state index is 5.84. The van der Waals surface area contributed by atoms with Gasteiger partial charge in [-0.3, -0.25) is 5.10 Å². The first-order chi connectivity index (χ1) is 12.2. The third-order valence-electron chi connectivity index (χ3n) is 4.26. The quantitative estimate of drug-likeness (QED) is 0.768. The van der Waals surface area contributed by atoms with Crippen LogP contribution in [0.3, 0.4) is 0 Å². The van der Waals surface area contributed by atoms with Crippen LogP contribution in [-0.4, -0.2) is 45.9 Å². The van der Waals surface area contributed by atoms with Gasteiger partial charge in [0.1, 0.15) is 17.3 Å². The van der Waals surface area contributed by atoms with Gasteiger partial charge in [-0.2, -0.15) is 16.9 Å². The lowest BCUT2D eigenvalue weighted by molar-refractivity contribution is 0.243. The van der Waals surface area contributed by atoms with Crippen LogP contribution in [0.4, 0.5) is 5.82 Å². The second kappa shape index (κ2) is 6.96. The van der Waals surface area contributed by atoms with E-state index in [0.717, 1.165) is 58.3 Å². The van der Waals surface area contributed by atoms with Gasteiger partial charge in [0.15, 0.2) is 0 Å². The van der Waals surface area contributed by atoms with Gasteiger partial charge in [0.05, 0.1) is 11.6 Å². The van der Waals surface area contributed by atoms with E-state index in [2.05, 4.69) is 32.2 Å². The lowest BCUT2D eigenvalue weighted by Gasteiger charge is -2.27. The second-order valence-corrected chi connectivity index (χ2v) is 7.67. The van der Waals surface area contributed by atoms with Gasteiger partial charge < -0.3 is 9.64 Å². The Morgan fingerprint density at radius 3 is 2.80 bits per heavy atom. The smallest absolute Gasteiger partial charge is 0.129 e. The fourth-order valence-electron chi connectivity index (χ4n) is 3.09. The van der Waals surface area contributed by atoms with E-state index in [4.69, 9.17) is 4.74 Å². The number of hydrogen-bond donors (Lipinski definition) is 1. The number of aromatic nitrogens is 3. The molecule has 0 saturated carbocycles. The molecule has 0 atom stereocenters. The second-order valence-electron chi connectivity index (χ2n) is 6.45. The number of hydrogen-bond acceptors (Lipinski definition) is 5. The monoisotopic (exact) mass is 354 g/mol. The molecular weight excluding hydrogens is 332 g/mol. The van der Waals surface area contributed by atoms with Crippen molar-refractivity contribution in [3.05, 3.63) is 36.5 Å². The van der Waals surface area contributed by atoms with Gasteiger partial charge in [0.25, 0.3) is 0 Å². The maximum Gasteiger partial charge on any atom is 0.129 e. The number of ether oxygens (including phenoxy) is 1. The molecule has 0 unspecified atom stereocenters. The van der Waals surface area contributed by atoms with Crippen molar-refractivity contribution in [3.8, 4) is 17.0 Å². The number of pyridine rings is 1. The number of nitrogens with zero attached hydrogens (tertiary/aromatic N) is 3. The summed E-state index contributed by atoms with van der Waals surface area (Å²) in [7, 11) is 0. The highest BCUT2D eigenvalue weighted by Crippen LogP contribution is 2.31. The van der Waals surface area contributed by atoms with Gasteiger partial charge in [-0.15, -0.1) is 0 Å². The highest BCUT2D eigenvalue weighted by atomic mass is 32.2. The third kappa shape index (κ3) is 3.44. The summed E-state index contributed by atoms with van der Waals surface area (Å²) in [5.74, 6) is 4.22. The number of rotatable bonds is 4. The third-order valence-corrected chi connectivity index (χ3v) is 5.20. The minimum atomic E-state index is 0.150. The Kier molecular flexibility index (Phi) is 4.53. The summed E-state index contributed by atoms with van der Waals surface area (Å²) in [6, 6.07) is 10.2. The fraction of sp³-hybridized carbons (Fsp3) is 0.368. The first-order valence-corrected chi connectivity index (χ1v) is 9.80. The number of H-pyrrole nitrogens is 1. The molecule has 6 heteroatoms. The van der Waals surface area contributed by atoms with Crippen LogP contribution < -0.4 is 9.64 Å². The van der Waals surface area contributed by atoms with E-state index in [-0.39, 0.29) is 6.10 Å². The minimum absolute atomic E-state index is 0.150. The van der Waals surface area contributed by atoms with Crippen LogP contribution in [0.15, 0.2) is 36.5 Å². The summed E-state index contributed by atoms with van der Waals surface area (Å²) in [5.41, 5.74) is 3.04. The summed E-state index contributed by atoms with van der Waals surface area (Å²) < 4.78 is 5.84. The molecule has 25 heavy (non-hydrogen) atoms. The van der Waals surface area contributed by atoms with Crippen LogP contribution >= 0.6 is 11.8 Å². The van der Waals surface area contributed by atoms with Gasteiger partial charge in [-0.1, -0.05) is 0 Å². The number of aromatic amines is 1. The van der Waals surface area contributed by atoms with E-state index in [1.165, 1.54) is 0 Å². The molecule has 2 aromatic heterocycles. The Hall–Kier alpha value is -2.21. The standard InChI is InChI=1S/C19H22N4OS/c1-13(2)24-15-3-4-17-16(12-15)19(22-21-17)14-5-6-20-18(11-14)23-7-9-25-10-8-23/h3-6,11-13H,7-10H2,1-2H3,(H,21,22). The molecule has 0 aliphatic carbocycles. The Balaban J connectivity index is 1.71. The predicted octanol–water partition coefficient (Wildman–Crippen LogP) is 3.97. The van der Waals surface area contributed by atoms with Crippen molar-refractivity contribution in [2.24, 2.45) is 0 Å². The first kappa shape index (κ1) is 16.3. The number of fused-ring (bicyclic) bond motifs is 1. The van der Waals surface area contributed by atoms with Crippen molar-refractivity contribution in [1.82, 2.24) is 15.2 Å². The SMILES string of the molecule is CC(C)Oc1ccc2[nH]nc(-c3ccnc(N4CCSCC4)c3)c2c1. The van der Waals surface area contributed by atoms with Crippen LogP contribution in [0.5, 0.6) is 5.75 Å². The summed E-state index contributed by atoms with van der Waals surface area (Å²) in [6.07, 6.45) is 2.03. The van der Waals surface area contributed by atoms with E-state index in [0.29, 0.717) is 0 Å². The van der Waals surface area contributed by atoms with E-state index in [9.17, 15) is 0 Å². The highest BCUT2D eigenvalue weighted by Gasteiger charge is 2.15. The zero-order valence-electron chi connectivity index (χ0n) is 14.5. The summed E-state index contributed by atoms with van der Waals surface area (Å²) in [5, 5.41) is 8.74. The molecule has 1 saturated heterocycles. The van der Waals surface area contributed by atoms with Crippen molar-refractivity contribution >= 4 is 28.5 Å². The lowest BCUT2D eigenvalue weighted by atomic mass is 10.1. The number of thioether (sulfide) groups is 1. The van der Waals surface area contributed by atoms with Crippen molar-refractivity contribution < 1.29 is 4.74 Å². The molecule has 0 bridgehead atoms. The van der Waals surface area contributed by atoms with Crippen molar-refractivity contribution in [1.29, 1.82) is 0 Å². The molecule has 1 fully saturated rings. The van der Waals surface area contributed by atoms with Crippen molar-refractivity contribution in [2.45, 2.75) is 20.0 Å². The normalized spacial score (nSPS) is 15.1. The zero-order chi connectivity index (χ0) is 17.2. The molecule has 130 valence electrons. The Morgan fingerprint density at radius 1 is 1.16 bits per heavy atom. The van der Waals surface area contributed by atoms with Gasteiger partial charge in [-0.25, -0.2) is 4.98 Å². The Labute approximate surface area is 151 Å². The molecular formula is C19H22N4OS. The fourth-order valence-corrected chi connectivity index (χ4v) is 3.99. The Morgan fingerprint density at radius 2 is 2.00 bits per heavy atom. The maximum atomic E-state index is 5.84. The summed E-state index contributed by atoms with van der Waals surface area (Å²) in [6.45, 7) is 6.17. The average molecular weight is 354 g/mol. The molecule has 1 N–H and O–H groups in total. The van der Waals surface area contributed by atoms with Crippen LogP contribution in [-0.2, 0) is 0 Å². The van der Waals surface area contributed by atoms with Gasteiger partial charge in [0.2, 0.25) is 0 Å². The van der Waals surface area contributed by atoms with Gasteiger partial charge in [0, 0.05) is 41.7 Å². The van der Waals surface area contributed by atoms with Crippen LogP contribution in [0.1, 0.15) is 13.8 Å². The molecule has 3 heterocycles. The summed E-state index contributed by atoms with van der Waals surface area (Å²) >= 11 is 2.00. The van der Waals surface area contributed by atoms with Crippen LogP contribution in [0.2, 0.25) is 0 Å². The van der Waals surface area contributed by atoms with Gasteiger partial charge >= 0.3 is 0 Å². The van der Waals surface area contributed by atoms with Crippen LogP contribution in [0, 0.1) is 0 Å². The lowest BCUT2D eigenvalue weighted by Crippen LogP contribution is -2.33. The molecule has 1 aliphatic rings. The first-order valence-electron chi connectivity index (χ1n) is 8.64. The molecule has 0 radical (unpaired) electrons. The van der Waals surface area contributed by atoms with E-state index >= 15 is 0 Å². The molecule has 1 aliphatic heterocycles. The predicted molar refractivity (Wildman–Crippen MR) is 105 cm³/mol. The highest BCUT2D eigenvalue weighted by molar-refractivity contribution is 7.99. The molecule has 0 amide bonds. The Bertz CT molecular complexity index is 871. The van der Waals surface area contributed by atoms with Gasteiger partial charge in [-0.05, 0) is 44.2 Å². The molecule has 3 aromatic rings. The molecule has 5 nitrogen and oxygen atoms in total. The minimum Gasteiger partial charge on any atom is -0.491 e. The summed E-state index contributed by atoms with van der Waals surface area (Å²) in [4.78, 5) is 6.91. The number of anilines is 1. The topological polar surface area (TPSA) is 54.0 Å². The molecule has 1 aromatic carbocycles. The van der Waals surface area contributed by atoms with E-state index in [1.807, 2.05) is 50.0 Å². The largest absolute Gasteiger partial charge is 0.491 e. The zero-order valence-corrected chi connectivity index (χ0v) is 15.3. The average Bonchev–Trinajstić information content (AvgIpc) is 3.05. The van der Waals surface area contributed by atoms with Crippen molar-refractivity contribution in [2.75, 3.05) is 29.5 Å². The number of benzene rings is 1. The molecule has 0 spiro atoms. The van der Waals surface area contributed by atoms with Crippen molar-refractivity contribution in [3.63, 3.8) is 0 Å². The van der Waals surface area contributed by atoms with E-state index in [1.54, 1.807) is 0 Å². The molecule has 4 rings (SSSR count). The van der Waals surface area contributed by atoms with Crippen LogP contribution in [0.25, 0.3) is 22.2 Å². The van der Waals surface area contributed by atoms with E-state index < -0.39 is 0 Å².